The number of carbonyl (C=O) groups is 2. The monoisotopic (exact) mass is 263 g/mol. The van der Waals surface area contributed by atoms with Crippen LogP contribution in [0.3, 0.4) is 0 Å². The number of carboxylic acid groups (broad SMARTS) is 1. The van der Waals surface area contributed by atoms with Gasteiger partial charge >= 0.3 is 5.97 Å². The Bertz CT molecular complexity index is 246. The number of hydrogen-bond acceptors (Lipinski definition) is 5. The maximum atomic E-state index is 10.7. The lowest BCUT2D eigenvalue weighted by Gasteiger charge is -2.13. The Hall–Kier alpha value is -1.18. The molecule has 1 amide bonds. The second kappa shape index (κ2) is 10.9. The molecular formula is C11H21NO6. The highest BCUT2D eigenvalue weighted by molar-refractivity contribution is 5.82. The summed E-state index contributed by atoms with van der Waals surface area (Å²) < 4.78 is 15.2. The number of hydrogen-bond donors (Lipinski definition) is 2. The van der Waals surface area contributed by atoms with Gasteiger partial charge in [-0.1, -0.05) is 0 Å². The van der Waals surface area contributed by atoms with E-state index in [4.69, 9.17) is 19.3 Å². The molecule has 0 bridgehead atoms. The van der Waals surface area contributed by atoms with Crippen LogP contribution in [0, 0.1) is 0 Å². The van der Waals surface area contributed by atoms with Gasteiger partial charge in [0.1, 0.15) is 0 Å². The summed E-state index contributed by atoms with van der Waals surface area (Å²) in [6, 6.07) is -1.02. The molecule has 2 N–H and O–H groups in total. The van der Waals surface area contributed by atoms with Gasteiger partial charge in [0.25, 0.3) is 0 Å². The predicted octanol–water partition coefficient (Wildman–Crippen LogP) is -0.355. The molecule has 0 radical (unpaired) electrons. The van der Waals surface area contributed by atoms with Crippen molar-refractivity contribution < 1.29 is 28.9 Å². The molecule has 0 heterocycles. The summed E-state index contributed by atoms with van der Waals surface area (Å²) in [5.74, 6) is -1.52. The van der Waals surface area contributed by atoms with Gasteiger partial charge in [-0.2, -0.15) is 0 Å². The molecule has 0 saturated heterocycles. The molecule has 1 atom stereocenters. The molecule has 0 spiro atoms. The number of amides is 1. The molecule has 0 aliphatic heterocycles. The first kappa shape index (κ1) is 16.8. The molecule has 0 fully saturated rings. The van der Waals surface area contributed by atoms with Crippen molar-refractivity contribution in [2.75, 3.05) is 40.1 Å². The van der Waals surface area contributed by atoms with Gasteiger partial charge in [0, 0.05) is 27.2 Å². The first-order chi connectivity index (χ1) is 8.57. The molecule has 0 saturated carbocycles. The van der Waals surface area contributed by atoms with Crippen molar-refractivity contribution >= 4 is 11.9 Å². The Morgan fingerprint density at radius 2 is 1.83 bits per heavy atom. The highest BCUT2D eigenvalue weighted by Crippen LogP contribution is 1.89. The van der Waals surface area contributed by atoms with Crippen LogP contribution in [0.2, 0.25) is 0 Å². The maximum Gasteiger partial charge on any atom is 0.328 e. The Labute approximate surface area is 106 Å². The number of methoxy groups -OCH3 is 1. The first-order valence-corrected chi connectivity index (χ1v) is 5.72. The van der Waals surface area contributed by atoms with Crippen LogP contribution in [0.4, 0.5) is 0 Å². The highest BCUT2D eigenvalue weighted by atomic mass is 16.5. The van der Waals surface area contributed by atoms with E-state index in [0.717, 1.165) is 6.42 Å². The minimum Gasteiger partial charge on any atom is -0.480 e. The lowest BCUT2D eigenvalue weighted by Crippen LogP contribution is -2.43. The summed E-state index contributed by atoms with van der Waals surface area (Å²) in [7, 11) is 1.62. The molecule has 0 rings (SSSR count). The lowest BCUT2D eigenvalue weighted by molar-refractivity contribution is -0.143. The third-order valence-corrected chi connectivity index (χ3v) is 1.97. The fourth-order valence-electron chi connectivity index (χ4n) is 1.15. The van der Waals surface area contributed by atoms with Crippen LogP contribution in [-0.2, 0) is 23.8 Å². The van der Waals surface area contributed by atoms with Crippen LogP contribution in [0.15, 0.2) is 0 Å². The smallest absolute Gasteiger partial charge is 0.328 e. The zero-order valence-corrected chi connectivity index (χ0v) is 10.8. The average Bonchev–Trinajstić information content (AvgIpc) is 2.30. The van der Waals surface area contributed by atoms with Crippen molar-refractivity contribution in [3.05, 3.63) is 0 Å². The summed E-state index contributed by atoms with van der Waals surface area (Å²) in [4.78, 5) is 21.5. The normalized spacial score (nSPS) is 12.1. The van der Waals surface area contributed by atoms with Crippen LogP contribution in [-0.4, -0.2) is 63.2 Å². The van der Waals surface area contributed by atoms with Gasteiger partial charge in [-0.05, 0) is 6.42 Å². The van der Waals surface area contributed by atoms with Crippen LogP contribution in [0.5, 0.6) is 0 Å². The maximum absolute atomic E-state index is 10.7. The Morgan fingerprint density at radius 1 is 1.17 bits per heavy atom. The van der Waals surface area contributed by atoms with Crippen molar-refractivity contribution in [1.29, 1.82) is 0 Å². The zero-order chi connectivity index (χ0) is 13.8. The molecule has 7 nitrogen and oxygen atoms in total. The molecule has 0 aromatic heterocycles. The number of nitrogens with one attached hydrogen (secondary N) is 1. The van der Waals surface area contributed by atoms with E-state index in [1.165, 1.54) is 6.92 Å². The molecule has 0 aromatic carbocycles. The third kappa shape index (κ3) is 10.0. The van der Waals surface area contributed by atoms with Crippen molar-refractivity contribution in [2.45, 2.75) is 19.4 Å². The van der Waals surface area contributed by atoms with Gasteiger partial charge in [0.15, 0.2) is 6.04 Å². The summed E-state index contributed by atoms with van der Waals surface area (Å²) in [6.45, 7) is 3.08. The van der Waals surface area contributed by atoms with E-state index in [1.54, 1.807) is 7.11 Å². The molecule has 18 heavy (non-hydrogen) atoms. The van der Waals surface area contributed by atoms with Gasteiger partial charge in [0.05, 0.1) is 19.8 Å². The van der Waals surface area contributed by atoms with Gasteiger partial charge in [-0.25, -0.2) is 4.79 Å². The SMILES string of the molecule is COCCCOCCOCC(NC(C)=O)C(=O)O. The van der Waals surface area contributed by atoms with E-state index in [1.807, 2.05) is 0 Å². The standard InChI is InChI=1S/C11H21NO6/c1-9(13)12-10(11(14)15)8-18-7-6-17-5-3-4-16-2/h10H,3-8H2,1-2H3,(H,12,13)(H,14,15). The molecule has 1 unspecified atom stereocenters. The topological polar surface area (TPSA) is 94.1 Å². The number of ether oxygens (including phenoxy) is 3. The van der Waals surface area contributed by atoms with Crippen molar-refractivity contribution in [1.82, 2.24) is 5.32 Å². The van der Waals surface area contributed by atoms with Gasteiger partial charge in [-0.15, -0.1) is 0 Å². The molecule has 0 aliphatic carbocycles. The van der Waals surface area contributed by atoms with E-state index in [9.17, 15) is 9.59 Å². The molecule has 106 valence electrons. The fourth-order valence-corrected chi connectivity index (χ4v) is 1.15. The van der Waals surface area contributed by atoms with Crippen molar-refractivity contribution in [3.63, 3.8) is 0 Å². The molecule has 0 aromatic rings. The zero-order valence-electron chi connectivity index (χ0n) is 10.8. The van der Waals surface area contributed by atoms with E-state index in [2.05, 4.69) is 5.32 Å². The third-order valence-electron chi connectivity index (χ3n) is 1.97. The molecule has 7 heteroatoms. The van der Waals surface area contributed by atoms with Gasteiger partial charge in [-0.3, -0.25) is 4.79 Å². The average molecular weight is 263 g/mol. The van der Waals surface area contributed by atoms with Crippen LogP contribution >= 0.6 is 0 Å². The Morgan fingerprint density at radius 3 is 2.39 bits per heavy atom. The Balaban J connectivity index is 3.49. The van der Waals surface area contributed by atoms with E-state index >= 15 is 0 Å². The minimum absolute atomic E-state index is 0.0731. The van der Waals surface area contributed by atoms with E-state index in [-0.39, 0.29) is 13.2 Å². The lowest BCUT2D eigenvalue weighted by atomic mass is 10.3. The van der Waals surface area contributed by atoms with Crippen molar-refractivity contribution in [3.8, 4) is 0 Å². The van der Waals surface area contributed by atoms with E-state index in [0.29, 0.717) is 19.8 Å². The van der Waals surface area contributed by atoms with E-state index < -0.39 is 17.9 Å². The number of rotatable bonds is 11. The van der Waals surface area contributed by atoms with Crippen LogP contribution < -0.4 is 5.32 Å². The minimum atomic E-state index is -1.12. The molecular weight excluding hydrogens is 242 g/mol. The van der Waals surface area contributed by atoms with Crippen LogP contribution in [0.25, 0.3) is 0 Å². The van der Waals surface area contributed by atoms with Crippen molar-refractivity contribution in [2.24, 2.45) is 0 Å². The first-order valence-electron chi connectivity index (χ1n) is 5.72. The quantitative estimate of drug-likeness (QED) is 0.495. The van der Waals surface area contributed by atoms with Gasteiger partial charge < -0.3 is 24.6 Å². The molecule has 0 aliphatic rings. The number of carboxylic acids is 1. The highest BCUT2D eigenvalue weighted by Gasteiger charge is 2.17. The Kier molecular flexibility index (Phi) is 10.2. The van der Waals surface area contributed by atoms with Crippen LogP contribution in [0.1, 0.15) is 13.3 Å². The number of aliphatic carboxylic acids is 1. The number of carbonyl (C=O) groups excluding carboxylic acids is 1. The summed E-state index contributed by atoms with van der Waals surface area (Å²) in [5, 5.41) is 11.1. The second-order valence-corrected chi connectivity index (χ2v) is 3.62. The summed E-state index contributed by atoms with van der Waals surface area (Å²) in [6.07, 6.45) is 0.806. The summed E-state index contributed by atoms with van der Waals surface area (Å²) in [5.41, 5.74) is 0. The largest absolute Gasteiger partial charge is 0.480 e. The fraction of sp³-hybridized carbons (Fsp3) is 0.818. The van der Waals surface area contributed by atoms with Gasteiger partial charge in [0.2, 0.25) is 5.91 Å². The predicted molar refractivity (Wildman–Crippen MR) is 63.4 cm³/mol. The second-order valence-electron chi connectivity index (χ2n) is 3.62. The summed E-state index contributed by atoms with van der Waals surface area (Å²) >= 11 is 0.